The summed E-state index contributed by atoms with van der Waals surface area (Å²) in [5.41, 5.74) is -0.140. The number of carbonyl (C=O) groups is 5. The van der Waals surface area contributed by atoms with Gasteiger partial charge in [-0.25, -0.2) is 4.79 Å². The molecule has 1 aromatic carbocycles. The zero-order valence-corrected chi connectivity index (χ0v) is 49.9. The first-order valence-corrected chi connectivity index (χ1v) is 28.2. The summed E-state index contributed by atoms with van der Waals surface area (Å²) in [6.07, 6.45) is -15.5. The minimum atomic E-state index is -1.29. The highest BCUT2D eigenvalue weighted by Gasteiger charge is 2.62. The summed E-state index contributed by atoms with van der Waals surface area (Å²) < 4.78 is 110. The van der Waals surface area contributed by atoms with Gasteiger partial charge in [-0.1, -0.05) is 30.3 Å². The molecule has 27 heteroatoms. The van der Waals surface area contributed by atoms with Crippen LogP contribution in [0.25, 0.3) is 0 Å². The maximum atomic E-state index is 15.2. The van der Waals surface area contributed by atoms with Crippen molar-refractivity contribution >= 4 is 29.8 Å². The van der Waals surface area contributed by atoms with Crippen LogP contribution in [0.5, 0.6) is 0 Å². The Labute approximate surface area is 483 Å². The van der Waals surface area contributed by atoms with Gasteiger partial charge < -0.3 is 107 Å². The second kappa shape index (κ2) is 24.8. The Balaban J connectivity index is 0.981. The van der Waals surface area contributed by atoms with Crippen LogP contribution in [-0.4, -0.2) is 212 Å². The SMILES string of the molecule is CO[C@@H]1[C@H]2OC(C)(C)O[C@H]2O[C@@H]1[C@H](CNC(=O)[C@H](CNC(=O)OC(C)(C)C)[C@H]1O[C@@H]2OC(C)(C)O[C@@H]2[C@H]1OC)C(=O)NC[C@@H](C(=O)NC[C@H](C(=O)OCc1ccccc1)[C@H]1O[C@@H]2OC(C)(C)O[C@@H]2[C@H]1OC)[C@H]1O[C@@H]2OC(C)(C)O[C@@H]2[C@H]1OC. The van der Waals surface area contributed by atoms with Crippen molar-refractivity contribution in [2.45, 2.75) is 210 Å². The van der Waals surface area contributed by atoms with E-state index in [9.17, 15) is 14.4 Å². The molecular weight excluding hydrogens is 1100 g/mol. The number of amides is 4. The van der Waals surface area contributed by atoms with Gasteiger partial charge in [0.2, 0.25) is 17.7 Å². The van der Waals surface area contributed by atoms with Crippen LogP contribution in [0.15, 0.2) is 30.3 Å². The number of nitrogens with one attached hydrogen (secondary N) is 4. The van der Waals surface area contributed by atoms with E-state index in [1.54, 1.807) is 88.3 Å². The molecular formula is C56H84N4O23. The lowest BCUT2D eigenvalue weighted by molar-refractivity contribution is -0.224. The summed E-state index contributed by atoms with van der Waals surface area (Å²) >= 11 is 0. The van der Waals surface area contributed by atoms with Crippen molar-refractivity contribution in [1.29, 1.82) is 0 Å². The molecule has 0 bridgehead atoms. The summed E-state index contributed by atoms with van der Waals surface area (Å²) in [7, 11) is 5.78. The molecule has 20 atom stereocenters. The zero-order chi connectivity index (χ0) is 60.1. The number of hydrogen-bond donors (Lipinski definition) is 4. The van der Waals surface area contributed by atoms with Gasteiger partial charge >= 0.3 is 12.1 Å². The van der Waals surface area contributed by atoms with Gasteiger partial charge in [-0.3, -0.25) is 19.2 Å². The second-order valence-electron chi connectivity index (χ2n) is 24.7. The molecule has 0 radical (unpaired) electrons. The fraction of sp³-hybridized carbons (Fsp3) is 0.804. The van der Waals surface area contributed by atoms with Gasteiger partial charge in [-0.2, -0.15) is 0 Å². The molecule has 0 aromatic heterocycles. The highest BCUT2D eigenvalue weighted by Crippen LogP contribution is 2.45. The van der Waals surface area contributed by atoms with E-state index in [2.05, 4.69) is 21.3 Å². The van der Waals surface area contributed by atoms with E-state index < -0.39 is 194 Å². The second-order valence-corrected chi connectivity index (χ2v) is 24.7. The number of methoxy groups -OCH3 is 4. The average Bonchev–Trinajstić information content (AvgIpc) is 2.48. The zero-order valence-electron chi connectivity index (χ0n) is 49.9. The summed E-state index contributed by atoms with van der Waals surface area (Å²) in [5.74, 6) is -11.9. The Hall–Kier alpha value is -4.27. The van der Waals surface area contributed by atoms with Crippen molar-refractivity contribution in [2.24, 2.45) is 23.7 Å². The van der Waals surface area contributed by atoms with Crippen LogP contribution in [0, 0.1) is 23.7 Å². The Morgan fingerprint density at radius 1 is 0.458 bits per heavy atom. The maximum absolute atomic E-state index is 15.2. The first-order valence-electron chi connectivity index (χ1n) is 28.2. The summed E-state index contributed by atoms with van der Waals surface area (Å²) in [6, 6.07) is 9.08. The third-order valence-electron chi connectivity index (χ3n) is 15.7. The van der Waals surface area contributed by atoms with Crippen molar-refractivity contribution < 1.29 is 109 Å². The highest BCUT2D eigenvalue weighted by atomic mass is 16.9. The topological polar surface area (TPSA) is 300 Å². The average molecular weight is 1180 g/mol. The monoisotopic (exact) mass is 1180 g/mol. The van der Waals surface area contributed by atoms with Gasteiger partial charge in [-0.05, 0) is 81.7 Å². The fourth-order valence-electron chi connectivity index (χ4n) is 12.2. The Morgan fingerprint density at radius 3 is 1.07 bits per heavy atom. The molecule has 1 aromatic rings. The van der Waals surface area contributed by atoms with Crippen molar-refractivity contribution in [3.8, 4) is 0 Å². The van der Waals surface area contributed by atoms with Gasteiger partial charge in [0.25, 0.3) is 0 Å². The third-order valence-corrected chi connectivity index (χ3v) is 15.7. The van der Waals surface area contributed by atoms with Crippen LogP contribution in [0.2, 0.25) is 0 Å². The molecule has 8 saturated heterocycles. The molecule has 8 fully saturated rings. The van der Waals surface area contributed by atoms with Gasteiger partial charge in [-0.15, -0.1) is 0 Å². The molecule has 8 aliphatic rings. The van der Waals surface area contributed by atoms with Crippen LogP contribution in [0.4, 0.5) is 4.79 Å². The predicted molar refractivity (Wildman–Crippen MR) is 281 cm³/mol. The van der Waals surface area contributed by atoms with E-state index in [1.165, 1.54) is 28.4 Å². The van der Waals surface area contributed by atoms with Crippen LogP contribution in [0.1, 0.15) is 81.7 Å². The minimum absolute atomic E-state index is 0.0800. The van der Waals surface area contributed by atoms with Crippen LogP contribution >= 0.6 is 0 Å². The van der Waals surface area contributed by atoms with Crippen molar-refractivity contribution in [2.75, 3.05) is 54.6 Å². The number of carbonyl (C=O) groups excluding carboxylic acids is 5. The lowest BCUT2D eigenvalue weighted by Gasteiger charge is -2.33. The van der Waals surface area contributed by atoms with Crippen molar-refractivity contribution in [1.82, 2.24) is 21.3 Å². The number of alkyl carbamates (subject to hydrolysis) is 1. The van der Waals surface area contributed by atoms with Crippen LogP contribution in [-0.2, 0) is 111 Å². The predicted octanol–water partition coefficient (Wildman–Crippen LogP) is 1.63. The van der Waals surface area contributed by atoms with Crippen LogP contribution in [0.3, 0.4) is 0 Å². The molecule has 4 amide bonds. The largest absolute Gasteiger partial charge is 0.460 e. The number of esters is 1. The van der Waals surface area contributed by atoms with E-state index in [4.69, 9.17) is 85.3 Å². The lowest BCUT2D eigenvalue weighted by atomic mass is 9.92. The normalized spacial score (nSPS) is 36.4. The van der Waals surface area contributed by atoms with Crippen LogP contribution < -0.4 is 21.3 Å². The maximum Gasteiger partial charge on any atom is 0.407 e. The number of ether oxygens (including phenoxy) is 18. The Bertz CT molecular complexity index is 2460. The van der Waals surface area contributed by atoms with Gasteiger partial charge in [0, 0.05) is 54.6 Å². The molecule has 466 valence electrons. The number of fused-ring (bicyclic) bond motifs is 4. The van der Waals surface area contributed by atoms with E-state index >= 15 is 9.59 Å². The Morgan fingerprint density at radius 2 is 0.759 bits per heavy atom. The third kappa shape index (κ3) is 14.1. The number of benzene rings is 1. The summed E-state index contributed by atoms with van der Waals surface area (Å²) in [5, 5.41) is 11.5. The number of rotatable bonds is 22. The summed E-state index contributed by atoms with van der Waals surface area (Å²) in [4.78, 5) is 72.6. The molecule has 8 heterocycles. The minimum Gasteiger partial charge on any atom is -0.460 e. The smallest absolute Gasteiger partial charge is 0.407 e. The fourth-order valence-corrected chi connectivity index (χ4v) is 12.2. The first-order chi connectivity index (χ1) is 39.0. The quantitative estimate of drug-likeness (QED) is 0.120. The lowest BCUT2D eigenvalue weighted by Crippen LogP contribution is -2.55. The van der Waals surface area contributed by atoms with Gasteiger partial charge in [0.05, 0.1) is 17.8 Å². The standard InChI is InChI=1S/C56H84N4O23/c1-52(2,3)83-51(65)60-23-29(33-37(68-14)41-49(73-33)81-55(8,9)77-41)45(63)58-21-27(31-35(66-12)39-47(71-31)79-53(4,5)75-39)43(61)57-22-28(32-36(67-13)40-48(72-32)80-54(6,7)76-40)44(62)59-24-30(46(64)70-25-26-19-17-16-18-20-26)34-38(69-15)42-50(74-34)82-56(10,11)78-42/h16-20,27-42,47-50H,21-25H2,1-15H3,(H,57,61)(H,58,63)(H,59,62)(H,60,65)/t27-,28+,29+,30-,31+,32+,33+,34+,35-,36-,37-,38-,39+,40+,41+,42+,47+,48+,49+,50+/m0/s1. The molecule has 0 unspecified atom stereocenters. The molecule has 9 rings (SSSR count). The molecule has 0 saturated carbocycles. The van der Waals surface area contributed by atoms with E-state index in [0.29, 0.717) is 0 Å². The highest BCUT2D eigenvalue weighted by molar-refractivity contribution is 5.85. The van der Waals surface area contributed by atoms with E-state index in [0.717, 1.165) is 5.56 Å². The van der Waals surface area contributed by atoms with Gasteiger partial charge in [0.15, 0.2) is 48.3 Å². The molecule has 83 heavy (non-hydrogen) atoms. The van der Waals surface area contributed by atoms with Gasteiger partial charge in [0.1, 0.15) is 91.4 Å². The van der Waals surface area contributed by atoms with E-state index in [1.807, 2.05) is 18.2 Å². The van der Waals surface area contributed by atoms with E-state index in [-0.39, 0.29) is 19.7 Å². The molecule has 0 aliphatic carbocycles. The van der Waals surface area contributed by atoms with Crippen molar-refractivity contribution in [3.05, 3.63) is 35.9 Å². The van der Waals surface area contributed by atoms with Crippen molar-refractivity contribution in [3.63, 3.8) is 0 Å². The number of hydrogen-bond acceptors (Lipinski definition) is 23. The molecule has 4 N–H and O–H groups in total. The molecule has 27 nitrogen and oxygen atoms in total. The molecule has 8 aliphatic heterocycles. The Kier molecular flexibility index (Phi) is 18.9. The molecule has 0 spiro atoms. The summed E-state index contributed by atoms with van der Waals surface area (Å²) in [6.45, 7) is 17.3. The first kappa shape index (κ1) is 63.2.